The van der Waals surface area contributed by atoms with Crippen molar-refractivity contribution in [2.24, 2.45) is 0 Å². The van der Waals surface area contributed by atoms with E-state index in [-0.39, 0.29) is 24.4 Å². The number of esters is 1. The van der Waals surface area contributed by atoms with E-state index in [0.717, 1.165) is 11.8 Å². The minimum Gasteiger partial charge on any atom is -0.481 e. The zero-order valence-electron chi connectivity index (χ0n) is 14.7. The molecule has 8 heteroatoms. The second-order valence-electron chi connectivity index (χ2n) is 5.31. The van der Waals surface area contributed by atoms with Crippen LogP contribution in [0.1, 0.15) is 18.9 Å². The Labute approximate surface area is 156 Å². The number of thioether (sulfide) groups is 1. The number of benzene rings is 1. The molecule has 1 aliphatic heterocycles. The lowest BCUT2D eigenvalue weighted by molar-refractivity contribution is -0.145. The largest absolute Gasteiger partial charge is 0.481 e. The van der Waals surface area contributed by atoms with Gasteiger partial charge in [0.15, 0.2) is 6.61 Å². The highest BCUT2D eigenvalue weighted by Crippen LogP contribution is 2.34. The summed E-state index contributed by atoms with van der Waals surface area (Å²) in [4.78, 5) is 37.5. The SMILES string of the molecule is CCOC(=O)COc1ccccc1/C=C1/SC(=O)N(CCCOC)C1=O. The molecule has 1 saturated heterocycles. The molecule has 0 aromatic heterocycles. The van der Waals surface area contributed by atoms with Crippen LogP contribution in [0, 0.1) is 0 Å². The van der Waals surface area contributed by atoms with Crippen molar-refractivity contribution in [3.8, 4) is 5.75 Å². The average molecular weight is 379 g/mol. The number of para-hydroxylation sites is 1. The number of methoxy groups -OCH3 is 1. The van der Waals surface area contributed by atoms with Crippen LogP contribution in [0.25, 0.3) is 6.08 Å². The summed E-state index contributed by atoms with van der Waals surface area (Å²) >= 11 is 0.886. The Hall–Kier alpha value is -2.32. The first-order valence-electron chi connectivity index (χ1n) is 8.18. The van der Waals surface area contributed by atoms with E-state index in [4.69, 9.17) is 14.2 Å². The van der Waals surface area contributed by atoms with Gasteiger partial charge in [-0.25, -0.2) is 4.79 Å². The van der Waals surface area contributed by atoms with Gasteiger partial charge in [0, 0.05) is 25.8 Å². The molecule has 1 aromatic rings. The molecule has 7 nitrogen and oxygen atoms in total. The fourth-order valence-electron chi connectivity index (χ4n) is 2.27. The van der Waals surface area contributed by atoms with E-state index in [2.05, 4.69) is 0 Å². The number of hydrogen-bond acceptors (Lipinski definition) is 7. The normalized spacial score (nSPS) is 15.6. The van der Waals surface area contributed by atoms with Crippen molar-refractivity contribution in [1.82, 2.24) is 4.90 Å². The van der Waals surface area contributed by atoms with Gasteiger partial charge < -0.3 is 14.2 Å². The summed E-state index contributed by atoms with van der Waals surface area (Å²) in [5.41, 5.74) is 0.610. The van der Waals surface area contributed by atoms with Crippen LogP contribution in [0.3, 0.4) is 0 Å². The molecule has 0 unspecified atom stereocenters. The van der Waals surface area contributed by atoms with E-state index in [1.165, 1.54) is 4.90 Å². The Morgan fingerprint density at radius 3 is 2.77 bits per heavy atom. The first-order valence-corrected chi connectivity index (χ1v) is 9.00. The van der Waals surface area contributed by atoms with Crippen LogP contribution in [0.2, 0.25) is 0 Å². The molecular formula is C18H21NO6S. The topological polar surface area (TPSA) is 82.1 Å². The highest BCUT2D eigenvalue weighted by molar-refractivity contribution is 8.18. The van der Waals surface area contributed by atoms with E-state index in [0.29, 0.717) is 35.8 Å². The standard InChI is InChI=1S/C18H21NO6S/c1-3-24-16(20)12-25-14-8-5-4-7-13(14)11-15-17(21)19(18(22)26-15)9-6-10-23-2/h4-5,7-8,11H,3,6,9-10,12H2,1-2H3/b15-11+. The van der Waals surface area contributed by atoms with Crippen molar-refractivity contribution in [1.29, 1.82) is 0 Å². The van der Waals surface area contributed by atoms with Crippen LogP contribution < -0.4 is 4.74 Å². The van der Waals surface area contributed by atoms with E-state index in [1.807, 2.05) is 0 Å². The zero-order chi connectivity index (χ0) is 18.9. The van der Waals surface area contributed by atoms with Gasteiger partial charge in [-0.1, -0.05) is 18.2 Å². The Bertz CT molecular complexity index is 703. The molecule has 0 spiro atoms. The molecule has 26 heavy (non-hydrogen) atoms. The third-order valence-electron chi connectivity index (χ3n) is 3.46. The number of ether oxygens (including phenoxy) is 3. The van der Waals surface area contributed by atoms with E-state index in [9.17, 15) is 14.4 Å². The summed E-state index contributed by atoms with van der Waals surface area (Å²) in [6, 6.07) is 6.98. The summed E-state index contributed by atoms with van der Waals surface area (Å²) < 4.78 is 15.3. The van der Waals surface area contributed by atoms with Gasteiger partial charge in [0.05, 0.1) is 11.5 Å². The lowest BCUT2D eigenvalue weighted by Crippen LogP contribution is -2.29. The molecule has 2 rings (SSSR count). The molecule has 0 radical (unpaired) electrons. The number of amides is 2. The molecule has 1 aliphatic rings. The predicted octanol–water partition coefficient (Wildman–Crippen LogP) is 2.70. The molecule has 0 aliphatic carbocycles. The average Bonchev–Trinajstić information content (AvgIpc) is 2.89. The maximum Gasteiger partial charge on any atom is 0.344 e. The van der Waals surface area contributed by atoms with Crippen LogP contribution >= 0.6 is 11.8 Å². The number of imide groups is 1. The monoisotopic (exact) mass is 379 g/mol. The third-order valence-corrected chi connectivity index (χ3v) is 4.37. The maximum absolute atomic E-state index is 12.4. The molecule has 140 valence electrons. The number of nitrogens with zero attached hydrogens (tertiary/aromatic N) is 1. The zero-order valence-corrected chi connectivity index (χ0v) is 15.5. The van der Waals surface area contributed by atoms with Gasteiger partial charge in [-0.2, -0.15) is 0 Å². The summed E-state index contributed by atoms with van der Waals surface area (Å²) in [7, 11) is 1.57. The van der Waals surface area contributed by atoms with Crippen LogP contribution in [-0.4, -0.2) is 55.5 Å². The van der Waals surface area contributed by atoms with Gasteiger partial charge in [0.2, 0.25) is 0 Å². The molecule has 1 heterocycles. The highest BCUT2D eigenvalue weighted by atomic mass is 32.2. The van der Waals surface area contributed by atoms with Gasteiger partial charge in [-0.05, 0) is 37.2 Å². The summed E-state index contributed by atoms with van der Waals surface area (Å²) in [5.74, 6) is -0.371. The third kappa shape index (κ3) is 5.34. The predicted molar refractivity (Wildman–Crippen MR) is 97.7 cm³/mol. The van der Waals surface area contributed by atoms with Crippen molar-refractivity contribution in [3.63, 3.8) is 0 Å². The minimum atomic E-state index is -0.472. The Kier molecular flexibility index (Phi) is 7.68. The van der Waals surface area contributed by atoms with Crippen molar-refractivity contribution < 1.29 is 28.6 Å². The van der Waals surface area contributed by atoms with E-state index < -0.39 is 5.97 Å². The number of rotatable bonds is 9. The molecule has 0 bridgehead atoms. The first kappa shape index (κ1) is 20.0. The Morgan fingerprint density at radius 1 is 1.27 bits per heavy atom. The second kappa shape index (κ2) is 9.98. The van der Waals surface area contributed by atoms with Crippen LogP contribution in [0.15, 0.2) is 29.2 Å². The smallest absolute Gasteiger partial charge is 0.344 e. The fraction of sp³-hybridized carbons (Fsp3) is 0.389. The fourth-order valence-corrected chi connectivity index (χ4v) is 3.13. The summed E-state index contributed by atoms with van der Waals surface area (Å²) in [6.07, 6.45) is 2.18. The molecule has 0 atom stereocenters. The Balaban J connectivity index is 2.10. The molecule has 1 fully saturated rings. The van der Waals surface area contributed by atoms with E-state index >= 15 is 0 Å². The maximum atomic E-state index is 12.4. The van der Waals surface area contributed by atoms with E-state index in [1.54, 1.807) is 44.4 Å². The second-order valence-corrected chi connectivity index (χ2v) is 6.30. The Morgan fingerprint density at radius 2 is 2.04 bits per heavy atom. The van der Waals surface area contributed by atoms with Gasteiger partial charge in [0.1, 0.15) is 5.75 Å². The lowest BCUT2D eigenvalue weighted by Gasteiger charge is -2.11. The molecule has 0 N–H and O–H groups in total. The van der Waals surface area contributed by atoms with Crippen molar-refractivity contribution >= 4 is 35.0 Å². The van der Waals surface area contributed by atoms with Crippen LogP contribution in [0.4, 0.5) is 4.79 Å². The quantitative estimate of drug-likeness (QED) is 0.371. The number of hydrogen-bond donors (Lipinski definition) is 0. The van der Waals surface area contributed by atoms with Crippen LogP contribution in [-0.2, 0) is 19.1 Å². The van der Waals surface area contributed by atoms with Crippen molar-refractivity contribution in [2.45, 2.75) is 13.3 Å². The van der Waals surface area contributed by atoms with Gasteiger partial charge in [-0.3, -0.25) is 14.5 Å². The van der Waals surface area contributed by atoms with Crippen LogP contribution in [0.5, 0.6) is 5.75 Å². The van der Waals surface area contributed by atoms with Gasteiger partial charge in [0.25, 0.3) is 11.1 Å². The molecule has 0 saturated carbocycles. The summed E-state index contributed by atoms with van der Waals surface area (Å²) in [5, 5.41) is -0.303. The van der Waals surface area contributed by atoms with Gasteiger partial charge in [-0.15, -0.1) is 0 Å². The first-order chi connectivity index (χ1) is 12.6. The summed E-state index contributed by atoms with van der Waals surface area (Å²) in [6.45, 7) is 2.56. The minimum absolute atomic E-state index is 0.225. The molecule has 2 amide bonds. The van der Waals surface area contributed by atoms with Crippen molar-refractivity contribution in [3.05, 3.63) is 34.7 Å². The number of carbonyl (C=O) groups excluding carboxylic acids is 3. The molecular weight excluding hydrogens is 358 g/mol. The van der Waals surface area contributed by atoms with Gasteiger partial charge >= 0.3 is 5.97 Å². The number of carbonyl (C=O) groups is 3. The van der Waals surface area contributed by atoms with Crippen molar-refractivity contribution in [2.75, 3.05) is 33.5 Å². The lowest BCUT2D eigenvalue weighted by atomic mass is 10.2. The molecule has 1 aromatic carbocycles. The highest BCUT2D eigenvalue weighted by Gasteiger charge is 2.34.